The summed E-state index contributed by atoms with van der Waals surface area (Å²) in [6.45, 7) is 6.60. The fourth-order valence-electron chi connectivity index (χ4n) is 2.12. The van der Waals surface area contributed by atoms with Crippen LogP contribution in [0, 0.1) is 5.41 Å². The van der Waals surface area contributed by atoms with Crippen molar-refractivity contribution in [2.45, 2.75) is 46.1 Å². The third kappa shape index (κ3) is 4.00. The van der Waals surface area contributed by atoms with Crippen LogP contribution in [0.5, 0.6) is 0 Å². The standard InChI is InChI=1S/C11H22BrNO2S/c1-11(2,3)9-16(14,15)13-7-5-4-6-10(13)8-12/h10H,4-9H2,1-3H3. The molecule has 1 heterocycles. The van der Waals surface area contributed by atoms with Crippen molar-refractivity contribution in [3.8, 4) is 0 Å². The van der Waals surface area contributed by atoms with Crippen LogP contribution in [-0.4, -0.2) is 36.4 Å². The Hall–Kier alpha value is 0.390. The molecule has 0 radical (unpaired) electrons. The first-order valence-corrected chi connectivity index (χ1v) is 8.55. The number of sulfonamides is 1. The molecule has 3 nitrogen and oxygen atoms in total. The summed E-state index contributed by atoms with van der Waals surface area (Å²) in [5, 5.41) is 0.746. The minimum atomic E-state index is -3.10. The van der Waals surface area contributed by atoms with Gasteiger partial charge in [0.05, 0.1) is 5.75 Å². The van der Waals surface area contributed by atoms with Gasteiger partial charge in [0, 0.05) is 17.9 Å². The first-order valence-electron chi connectivity index (χ1n) is 5.82. The summed E-state index contributed by atoms with van der Waals surface area (Å²) in [6.07, 6.45) is 3.11. The minimum Gasteiger partial charge on any atom is -0.212 e. The van der Waals surface area contributed by atoms with Gasteiger partial charge in [-0.3, -0.25) is 0 Å². The molecule has 5 heteroatoms. The predicted molar refractivity (Wildman–Crippen MR) is 71.4 cm³/mol. The van der Waals surface area contributed by atoms with Crippen LogP contribution in [-0.2, 0) is 10.0 Å². The van der Waals surface area contributed by atoms with Gasteiger partial charge in [-0.15, -0.1) is 0 Å². The molecule has 0 aromatic heterocycles. The van der Waals surface area contributed by atoms with Crippen LogP contribution in [0.25, 0.3) is 0 Å². The highest BCUT2D eigenvalue weighted by molar-refractivity contribution is 9.09. The van der Waals surface area contributed by atoms with Crippen LogP contribution >= 0.6 is 15.9 Å². The fourth-order valence-corrected chi connectivity index (χ4v) is 5.29. The van der Waals surface area contributed by atoms with Crippen LogP contribution < -0.4 is 0 Å². The quantitative estimate of drug-likeness (QED) is 0.751. The number of hydrogen-bond donors (Lipinski definition) is 0. The zero-order valence-electron chi connectivity index (χ0n) is 10.4. The van der Waals surface area contributed by atoms with Crippen molar-refractivity contribution >= 4 is 26.0 Å². The van der Waals surface area contributed by atoms with E-state index in [1.807, 2.05) is 20.8 Å². The summed E-state index contributed by atoms with van der Waals surface area (Å²) in [6, 6.07) is 0.154. The molecule has 0 saturated carbocycles. The minimum absolute atomic E-state index is 0.154. The van der Waals surface area contributed by atoms with E-state index < -0.39 is 10.0 Å². The second-order valence-electron chi connectivity index (χ2n) is 5.73. The van der Waals surface area contributed by atoms with Gasteiger partial charge in [0.2, 0.25) is 10.0 Å². The second kappa shape index (κ2) is 5.36. The monoisotopic (exact) mass is 311 g/mol. The molecule has 16 heavy (non-hydrogen) atoms. The van der Waals surface area contributed by atoms with Gasteiger partial charge in [0.1, 0.15) is 0 Å². The highest BCUT2D eigenvalue weighted by Gasteiger charge is 2.34. The van der Waals surface area contributed by atoms with Crippen molar-refractivity contribution in [3.05, 3.63) is 0 Å². The molecular formula is C11H22BrNO2S. The lowest BCUT2D eigenvalue weighted by atomic mass is 10.0. The van der Waals surface area contributed by atoms with E-state index in [9.17, 15) is 8.42 Å². The Morgan fingerprint density at radius 3 is 2.44 bits per heavy atom. The molecule has 1 rings (SSSR count). The van der Waals surface area contributed by atoms with Crippen molar-refractivity contribution in [2.24, 2.45) is 5.41 Å². The summed E-state index contributed by atoms with van der Waals surface area (Å²) in [5.74, 6) is 0.240. The lowest BCUT2D eigenvalue weighted by Gasteiger charge is -2.35. The van der Waals surface area contributed by atoms with E-state index in [4.69, 9.17) is 0 Å². The smallest absolute Gasteiger partial charge is 0.212 e. The van der Waals surface area contributed by atoms with E-state index in [2.05, 4.69) is 15.9 Å². The maximum Gasteiger partial charge on any atom is 0.214 e. The molecule has 0 aromatic rings. The van der Waals surface area contributed by atoms with E-state index in [0.717, 1.165) is 24.6 Å². The summed E-state index contributed by atoms with van der Waals surface area (Å²) < 4.78 is 26.3. The van der Waals surface area contributed by atoms with Crippen molar-refractivity contribution in [1.29, 1.82) is 0 Å². The molecule has 1 aliphatic rings. The van der Waals surface area contributed by atoms with Gasteiger partial charge in [-0.05, 0) is 18.3 Å². The molecular weight excluding hydrogens is 290 g/mol. The van der Waals surface area contributed by atoms with Crippen LogP contribution in [0.2, 0.25) is 0 Å². The molecule has 0 bridgehead atoms. The molecule has 0 amide bonds. The van der Waals surface area contributed by atoms with Gasteiger partial charge in [-0.1, -0.05) is 43.1 Å². The highest BCUT2D eigenvalue weighted by Crippen LogP contribution is 2.26. The van der Waals surface area contributed by atoms with E-state index >= 15 is 0 Å². The maximum atomic E-state index is 12.3. The van der Waals surface area contributed by atoms with Crippen molar-refractivity contribution in [1.82, 2.24) is 4.31 Å². The highest BCUT2D eigenvalue weighted by atomic mass is 79.9. The maximum absolute atomic E-state index is 12.3. The van der Waals surface area contributed by atoms with E-state index in [1.165, 1.54) is 0 Å². The van der Waals surface area contributed by atoms with Gasteiger partial charge >= 0.3 is 0 Å². The SMILES string of the molecule is CC(C)(C)CS(=O)(=O)N1CCCCC1CBr. The van der Waals surface area contributed by atoms with Gasteiger partial charge in [0.25, 0.3) is 0 Å². The molecule has 1 fully saturated rings. The van der Waals surface area contributed by atoms with Gasteiger partial charge < -0.3 is 0 Å². The van der Waals surface area contributed by atoms with E-state index in [-0.39, 0.29) is 17.2 Å². The third-order valence-electron chi connectivity index (χ3n) is 2.72. The van der Waals surface area contributed by atoms with Crippen LogP contribution in [0.3, 0.4) is 0 Å². The number of nitrogens with zero attached hydrogens (tertiary/aromatic N) is 1. The van der Waals surface area contributed by atoms with Crippen molar-refractivity contribution in [3.63, 3.8) is 0 Å². The molecule has 1 saturated heterocycles. The molecule has 96 valence electrons. The zero-order chi connectivity index (χ0) is 12.4. The Labute approximate surface area is 108 Å². The lowest BCUT2D eigenvalue weighted by Crippen LogP contribution is -2.47. The topological polar surface area (TPSA) is 37.4 Å². The molecule has 1 unspecified atom stereocenters. The van der Waals surface area contributed by atoms with Gasteiger partial charge in [0.15, 0.2) is 0 Å². The molecule has 1 atom stereocenters. The number of hydrogen-bond acceptors (Lipinski definition) is 2. The zero-order valence-corrected chi connectivity index (χ0v) is 12.8. The lowest BCUT2D eigenvalue weighted by molar-refractivity contribution is 0.269. The Bertz CT molecular complexity index is 321. The van der Waals surface area contributed by atoms with Crippen molar-refractivity contribution in [2.75, 3.05) is 17.6 Å². The summed E-state index contributed by atoms with van der Waals surface area (Å²) >= 11 is 3.42. The van der Waals surface area contributed by atoms with Crippen LogP contribution in [0.15, 0.2) is 0 Å². The molecule has 0 aromatic carbocycles. The number of piperidine rings is 1. The van der Waals surface area contributed by atoms with E-state index in [1.54, 1.807) is 4.31 Å². The third-order valence-corrected chi connectivity index (χ3v) is 5.90. The van der Waals surface area contributed by atoms with Crippen LogP contribution in [0.4, 0.5) is 0 Å². The first-order chi connectivity index (χ1) is 7.26. The fraction of sp³-hybridized carbons (Fsp3) is 1.00. The summed E-state index contributed by atoms with van der Waals surface area (Å²) in [7, 11) is -3.10. The number of halogens is 1. The second-order valence-corrected chi connectivity index (χ2v) is 8.30. The average molecular weight is 312 g/mol. The Morgan fingerprint density at radius 2 is 1.94 bits per heavy atom. The Morgan fingerprint density at radius 1 is 1.31 bits per heavy atom. The average Bonchev–Trinajstić information content (AvgIpc) is 2.14. The molecule has 1 aliphatic heterocycles. The molecule has 0 aliphatic carbocycles. The first kappa shape index (κ1) is 14.5. The molecule has 0 N–H and O–H groups in total. The normalized spacial score (nSPS) is 24.6. The Balaban J connectivity index is 2.80. The van der Waals surface area contributed by atoms with E-state index in [0.29, 0.717) is 6.54 Å². The summed E-state index contributed by atoms with van der Waals surface area (Å²) in [4.78, 5) is 0. The predicted octanol–water partition coefficient (Wildman–Crippen LogP) is 2.61. The van der Waals surface area contributed by atoms with Gasteiger partial charge in [-0.25, -0.2) is 8.42 Å². The summed E-state index contributed by atoms with van der Waals surface area (Å²) in [5.41, 5.74) is -0.173. The van der Waals surface area contributed by atoms with Gasteiger partial charge in [-0.2, -0.15) is 4.31 Å². The number of rotatable bonds is 3. The van der Waals surface area contributed by atoms with Crippen LogP contribution in [0.1, 0.15) is 40.0 Å². The largest absolute Gasteiger partial charge is 0.214 e. The Kier molecular flexibility index (Phi) is 4.84. The van der Waals surface area contributed by atoms with Crippen molar-refractivity contribution < 1.29 is 8.42 Å². The number of alkyl halides is 1. The molecule has 0 spiro atoms.